The number of para-hydroxylation sites is 1. The van der Waals surface area contributed by atoms with Crippen LogP contribution in [0.25, 0.3) is 0 Å². The Kier molecular flexibility index (Phi) is 6.81. The Morgan fingerprint density at radius 3 is 2.45 bits per heavy atom. The van der Waals surface area contributed by atoms with E-state index >= 15 is 0 Å². The summed E-state index contributed by atoms with van der Waals surface area (Å²) in [5.41, 5.74) is 1.31. The van der Waals surface area contributed by atoms with Crippen molar-refractivity contribution in [1.82, 2.24) is 0 Å². The van der Waals surface area contributed by atoms with E-state index in [2.05, 4.69) is 0 Å². The smallest absolute Gasteiger partial charge is 0.333 e. The van der Waals surface area contributed by atoms with E-state index in [1.807, 2.05) is 37.3 Å². The Balaban J connectivity index is 2.89. The maximum atomic E-state index is 11.7. The Hall–Kier alpha value is -1.81. The van der Waals surface area contributed by atoms with Gasteiger partial charge >= 0.3 is 5.97 Å². The summed E-state index contributed by atoms with van der Waals surface area (Å²) < 4.78 is 10.8. The molecule has 0 aliphatic carbocycles. The lowest BCUT2D eigenvalue weighted by atomic mass is 10.0. The van der Waals surface area contributed by atoms with Crippen molar-refractivity contribution in [2.75, 3.05) is 13.2 Å². The summed E-state index contributed by atoms with van der Waals surface area (Å²) in [4.78, 5) is 11.7. The van der Waals surface area contributed by atoms with Gasteiger partial charge in [-0.25, -0.2) is 4.79 Å². The van der Waals surface area contributed by atoms with Crippen LogP contribution < -0.4 is 4.74 Å². The van der Waals surface area contributed by atoms with Gasteiger partial charge in [0.15, 0.2) is 0 Å². The van der Waals surface area contributed by atoms with Crippen molar-refractivity contribution in [2.45, 2.75) is 33.3 Å². The number of esters is 1. The van der Waals surface area contributed by atoms with Crippen molar-refractivity contribution >= 4 is 5.97 Å². The standard InChI is InChI=1S/C16H22O4/c1-4-19-16(18)13(3)12(2)15(10-11-17)20-14-8-6-5-7-9-14/h5-9,15,17H,4,10-11H2,1-3H3/b13-12-/t15-/m0/s1. The zero-order valence-corrected chi connectivity index (χ0v) is 12.3. The number of carbonyl (C=O) groups excluding carboxylic acids is 1. The normalized spacial score (nSPS) is 13.4. The molecule has 0 aromatic heterocycles. The first-order valence-electron chi connectivity index (χ1n) is 6.77. The highest BCUT2D eigenvalue weighted by molar-refractivity contribution is 5.88. The SMILES string of the molecule is CCOC(=O)/C(C)=C(/C)[C@H](CCO)Oc1ccccc1. The van der Waals surface area contributed by atoms with Gasteiger partial charge in [0.05, 0.1) is 6.61 Å². The van der Waals surface area contributed by atoms with Crippen LogP contribution in [0.5, 0.6) is 5.75 Å². The van der Waals surface area contributed by atoms with Gasteiger partial charge in [-0.15, -0.1) is 0 Å². The second-order valence-electron chi connectivity index (χ2n) is 4.46. The molecule has 1 N–H and O–H groups in total. The molecule has 0 aliphatic rings. The van der Waals surface area contributed by atoms with E-state index in [1.54, 1.807) is 13.8 Å². The fourth-order valence-corrected chi connectivity index (χ4v) is 1.79. The molecule has 0 radical (unpaired) electrons. The minimum atomic E-state index is -0.343. The largest absolute Gasteiger partial charge is 0.486 e. The van der Waals surface area contributed by atoms with Crippen molar-refractivity contribution < 1.29 is 19.4 Å². The summed E-state index contributed by atoms with van der Waals surface area (Å²) in [6.07, 6.45) is 0.0871. The molecule has 0 saturated heterocycles. The molecule has 1 aromatic rings. The summed E-state index contributed by atoms with van der Waals surface area (Å²) in [6, 6.07) is 9.35. The quantitative estimate of drug-likeness (QED) is 0.615. The lowest BCUT2D eigenvalue weighted by molar-refractivity contribution is -0.138. The van der Waals surface area contributed by atoms with Gasteiger partial charge in [0, 0.05) is 18.6 Å². The third-order valence-electron chi connectivity index (χ3n) is 3.07. The Morgan fingerprint density at radius 2 is 1.90 bits per heavy atom. The third kappa shape index (κ3) is 4.70. The highest BCUT2D eigenvalue weighted by Crippen LogP contribution is 2.20. The van der Waals surface area contributed by atoms with Gasteiger partial charge in [0.1, 0.15) is 11.9 Å². The van der Waals surface area contributed by atoms with Crippen molar-refractivity contribution in [3.63, 3.8) is 0 Å². The molecular weight excluding hydrogens is 256 g/mol. The van der Waals surface area contributed by atoms with Crippen LogP contribution in [0.15, 0.2) is 41.5 Å². The molecule has 4 heteroatoms. The third-order valence-corrected chi connectivity index (χ3v) is 3.07. The fraction of sp³-hybridized carbons (Fsp3) is 0.438. The van der Waals surface area contributed by atoms with Crippen LogP contribution in [0, 0.1) is 0 Å². The monoisotopic (exact) mass is 278 g/mol. The number of aliphatic hydroxyl groups excluding tert-OH is 1. The molecule has 0 fully saturated rings. The number of benzene rings is 1. The number of ether oxygens (including phenoxy) is 2. The Morgan fingerprint density at radius 1 is 1.25 bits per heavy atom. The molecule has 0 amide bonds. The average Bonchev–Trinajstić information content (AvgIpc) is 2.46. The van der Waals surface area contributed by atoms with Crippen molar-refractivity contribution in [1.29, 1.82) is 0 Å². The van der Waals surface area contributed by atoms with E-state index in [0.29, 0.717) is 24.4 Å². The van der Waals surface area contributed by atoms with Crippen LogP contribution in [0.4, 0.5) is 0 Å². The number of rotatable bonds is 7. The first-order chi connectivity index (χ1) is 9.60. The number of aliphatic hydroxyl groups is 1. The van der Waals surface area contributed by atoms with Crippen LogP contribution in [0.3, 0.4) is 0 Å². The zero-order valence-electron chi connectivity index (χ0n) is 12.3. The highest BCUT2D eigenvalue weighted by atomic mass is 16.5. The van der Waals surface area contributed by atoms with Crippen LogP contribution in [0.2, 0.25) is 0 Å². The Labute approximate surface area is 120 Å². The molecule has 110 valence electrons. The van der Waals surface area contributed by atoms with Crippen LogP contribution in [0.1, 0.15) is 27.2 Å². The summed E-state index contributed by atoms with van der Waals surface area (Å²) in [6.45, 7) is 5.65. The topological polar surface area (TPSA) is 55.8 Å². The second-order valence-corrected chi connectivity index (χ2v) is 4.46. The predicted octanol–water partition coefficient (Wildman–Crippen LogP) is 2.72. The van der Waals surface area contributed by atoms with E-state index < -0.39 is 0 Å². The van der Waals surface area contributed by atoms with Crippen molar-refractivity contribution in [3.05, 3.63) is 41.5 Å². The molecule has 1 aromatic carbocycles. The summed E-state index contributed by atoms with van der Waals surface area (Å²) in [5, 5.41) is 9.17. The zero-order chi connectivity index (χ0) is 15.0. The van der Waals surface area contributed by atoms with Gasteiger partial charge in [-0.2, -0.15) is 0 Å². The van der Waals surface area contributed by atoms with Gasteiger partial charge in [0.25, 0.3) is 0 Å². The van der Waals surface area contributed by atoms with Crippen LogP contribution >= 0.6 is 0 Å². The Bertz CT molecular complexity index is 451. The van der Waals surface area contributed by atoms with E-state index in [4.69, 9.17) is 14.6 Å². The van der Waals surface area contributed by atoms with E-state index in [-0.39, 0.29) is 18.7 Å². The average molecular weight is 278 g/mol. The molecule has 0 heterocycles. The fourth-order valence-electron chi connectivity index (χ4n) is 1.79. The van der Waals surface area contributed by atoms with Gasteiger partial charge in [-0.1, -0.05) is 18.2 Å². The first kappa shape index (κ1) is 16.2. The summed E-state index contributed by atoms with van der Waals surface area (Å²) in [7, 11) is 0. The van der Waals surface area contributed by atoms with Crippen LogP contribution in [-0.2, 0) is 9.53 Å². The summed E-state index contributed by atoms with van der Waals surface area (Å²) in [5.74, 6) is 0.367. The summed E-state index contributed by atoms with van der Waals surface area (Å²) >= 11 is 0. The molecule has 0 aliphatic heterocycles. The van der Waals surface area contributed by atoms with Gasteiger partial charge < -0.3 is 14.6 Å². The molecule has 0 unspecified atom stereocenters. The highest BCUT2D eigenvalue weighted by Gasteiger charge is 2.18. The molecule has 0 bridgehead atoms. The van der Waals surface area contributed by atoms with Crippen molar-refractivity contribution in [2.24, 2.45) is 0 Å². The minimum Gasteiger partial charge on any atom is -0.486 e. The van der Waals surface area contributed by atoms with E-state index in [1.165, 1.54) is 0 Å². The number of carbonyl (C=O) groups is 1. The lowest BCUT2D eigenvalue weighted by Crippen LogP contribution is -2.22. The van der Waals surface area contributed by atoms with Crippen LogP contribution in [-0.4, -0.2) is 30.4 Å². The van der Waals surface area contributed by atoms with E-state index in [9.17, 15) is 4.79 Å². The minimum absolute atomic E-state index is 0.00898. The van der Waals surface area contributed by atoms with Gasteiger partial charge in [-0.3, -0.25) is 0 Å². The van der Waals surface area contributed by atoms with Gasteiger partial charge in [-0.05, 0) is 38.5 Å². The first-order valence-corrected chi connectivity index (χ1v) is 6.77. The van der Waals surface area contributed by atoms with Gasteiger partial charge in [0.2, 0.25) is 0 Å². The molecule has 1 rings (SSSR count). The maximum Gasteiger partial charge on any atom is 0.333 e. The molecule has 0 spiro atoms. The second kappa shape index (κ2) is 8.38. The lowest BCUT2D eigenvalue weighted by Gasteiger charge is -2.21. The molecule has 4 nitrogen and oxygen atoms in total. The number of hydrogen-bond donors (Lipinski definition) is 1. The molecular formula is C16H22O4. The number of hydrogen-bond acceptors (Lipinski definition) is 4. The molecule has 1 atom stereocenters. The molecule has 20 heavy (non-hydrogen) atoms. The predicted molar refractivity (Wildman–Crippen MR) is 77.6 cm³/mol. The van der Waals surface area contributed by atoms with E-state index in [0.717, 1.165) is 5.57 Å². The van der Waals surface area contributed by atoms with Crippen molar-refractivity contribution in [3.8, 4) is 5.75 Å². The maximum absolute atomic E-state index is 11.7. The molecule has 0 saturated carbocycles.